The molecule has 1 amide bonds. The molecular formula is C14H16F3NO. The number of carbonyl (C=O) groups is 1. The van der Waals surface area contributed by atoms with Gasteiger partial charge in [0.1, 0.15) is 0 Å². The number of hydrogen-bond donors (Lipinski definition) is 0. The van der Waals surface area contributed by atoms with Crippen molar-refractivity contribution in [3.8, 4) is 0 Å². The first-order valence-corrected chi connectivity index (χ1v) is 6.21. The van der Waals surface area contributed by atoms with E-state index in [9.17, 15) is 18.0 Å². The van der Waals surface area contributed by atoms with Crippen molar-refractivity contribution >= 4 is 5.91 Å². The molecule has 0 bridgehead atoms. The molecule has 0 aliphatic heterocycles. The molecule has 1 aromatic carbocycles. The summed E-state index contributed by atoms with van der Waals surface area (Å²) in [6.45, 7) is 0. The van der Waals surface area contributed by atoms with E-state index >= 15 is 0 Å². The van der Waals surface area contributed by atoms with E-state index in [1.807, 2.05) is 0 Å². The van der Waals surface area contributed by atoms with Crippen LogP contribution in [0, 0.1) is 5.92 Å². The van der Waals surface area contributed by atoms with E-state index < -0.39 is 17.6 Å². The highest BCUT2D eigenvalue weighted by atomic mass is 19.4. The standard InChI is InChI=1S/C14H16F3NO/c1-18(2)13(19)11-6-5-10(7-9-3-4-9)8-12(11)14(15,16)17/h5-6,8-9H,3-4,7H2,1-2H3. The van der Waals surface area contributed by atoms with Crippen molar-refractivity contribution in [1.29, 1.82) is 0 Å². The maximum atomic E-state index is 13.0. The van der Waals surface area contributed by atoms with Gasteiger partial charge in [-0.15, -0.1) is 0 Å². The van der Waals surface area contributed by atoms with Gasteiger partial charge in [-0.05, 0) is 42.9 Å². The molecule has 0 spiro atoms. The predicted molar refractivity (Wildman–Crippen MR) is 65.9 cm³/mol. The molecule has 0 saturated heterocycles. The molecule has 2 nitrogen and oxygen atoms in total. The summed E-state index contributed by atoms with van der Waals surface area (Å²) < 4.78 is 39.1. The summed E-state index contributed by atoms with van der Waals surface area (Å²) in [5, 5.41) is 0. The van der Waals surface area contributed by atoms with Crippen LogP contribution in [0.5, 0.6) is 0 Å². The second kappa shape index (κ2) is 4.87. The maximum Gasteiger partial charge on any atom is 0.417 e. The van der Waals surface area contributed by atoms with Crippen molar-refractivity contribution < 1.29 is 18.0 Å². The first kappa shape index (κ1) is 13.9. The third kappa shape index (κ3) is 3.28. The van der Waals surface area contributed by atoms with Crippen LogP contribution >= 0.6 is 0 Å². The van der Waals surface area contributed by atoms with Crippen molar-refractivity contribution in [2.45, 2.75) is 25.4 Å². The lowest BCUT2D eigenvalue weighted by atomic mass is 9.99. The van der Waals surface area contributed by atoms with Crippen LogP contribution in [0.3, 0.4) is 0 Å². The van der Waals surface area contributed by atoms with Crippen LogP contribution < -0.4 is 0 Å². The van der Waals surface area contributed by atoms with Gasteiger partial charge in [0, 0.05) is 14.1 Å². The summed E-state index contributed by atoms with van der Waals surface area (Å²) in [7, 11) is 2.89. The summed E-state index contributed by atoms with van der Waals surface area (Å²) >= 11 is 0. The van der Waals surface area contributed by atoms with Crippen LogP contribution in [0.1, 0.15) is 34.3 Å². The zero-order valence-electron chi connectivity index (χ0n) is 10.9. The number of carbonyl (C=O) groups excluding carboxylic acids is 1. The molecule has 0 radical (unpaired) electrons. The molecule has 0 N–H and O–H groups in total. The molecule has 104 valence electrons. The lowest BCUT2D eigenvalue weighted by molar-refractivity contribution is -0.138. The van der Waals surface area contributed by atoms with Crippen LogP contribution in [0.4, 0.5) is 13.2 Å². The SMILES string of the molecule is CN(C)C(=O)c1ccc(CC2CC2)cc1C(F)(F)F. The number of halogens is 3. The number of benzene rings is 1. The number of nitrogens with zero attached hydrogens (tertiary/aromatic N) is 1. The summed E-state index contributed by atoms with van der Waals surface area (Å²) in [6.07, 6.45) is -1.67. The fourth-order valence-electron chi connectivity index (χ4n) is 2.04. The minimum atomic E-state index is -4.50. The lowest BCUT2D eigenvalue weighted by Crippen LogP contribution is -2.25. The summed E-state index contributed by atoms with van der Waals surface area (Å²) in [5.41, 5.74) is -0.452. The zero-order chi connectivity index (χ0) is 14.2. The molecule has 0 atom stereocenters. The minimum Gasteiger partial charge on any atom is -0.345 e. The molecule has 19 heavy (non-hydrogen) atoms. The molecule has 5 heteroatoms. The van der Waals surface area contributed by atoms with Crippen molar-refractivity contribution in [2.75, 3.05) is 14.1 Å². The van der Waals surface area contributed by atoms with Crippen LogP contribution in [-0.2, 0) is 12.6 Å². The Morgan fingerprint density at radius 1 is 1.32 bits per heavy atom. The highest BCUT2D eigenvalue weighted by molar-refractivity contribution is 5.95. The molecular weight excluding hydrogens is 255 g/mol. The van der Waals surface area contributed by atoms with Gasteiger partial charge in [0.15, 0.2) is 0 Å². The second-order valence-corrected chi connectivity index (χ2v) is 5.22. The van der Waals surface area contributed by atoms with Gasteiger partial charge < -0.3 is 4.90 Å². The van der Waals surface area contributed by atoms with E-state index in [2.05, 4.69) is 0 Å². The van der Waals surface area contributed by atoms with E-state index in [1.165, 1.54) is 20.2 Å². The van der Waals surface area contributed by atoms with Gasteiger partial charge in [-0.2, -0.15) is 13.2 Å². The van der Waals surface area contributed by atoms with E-state index in [0.29, 0.717) is 17.9 Å². The van der Waals surface area contributed by atoms with Crippen molar-refractivity contribution in [2.24, 2.45) is 5.92 Å². The fraction of sp³-hybridized carbons (Fsp3) is 0.500. The Bertz CT molecular complexity index is 490. The Kier molecular flexibility index (Phi) is 3.56. The van der Waals surface area contributed by atoms with Crippen molar-refractivity contribution in [1.82, 2.24) is 4.90 Å². The number of rotatable bonds is 3. The van der Waals surface area contributed by atoms with Crippen LogP contribution in [0.2, 0.25) is 0 Å². The van der Waals surface area contributed by atoms with E-state index in [0.717, 1.165) is 23.8 Å². The van der Waals surface area contributed by atoms with Gasteiger partial charge in [0.2, 0.25) is 0 Å². The monoisotopic (exact) mass is 271 g/mol. The minimum absolute atomic E-state index is 0.281. The first-order valence-electron chi connectivity index (χ1n) is 6.21. The maximum absolute atomic E-state index is 13.0. The van der Waals surface area contributed by atoms with Gasteiger partial charge >= 0.3 is 6.18 Å². The molecule has 1 saturated carbocycles. The molecule has 0 aromatic heterocycles. The molecule has 1 aliphatic rings. The highest BCUT2D eigenvalue weighted by Gasteiger charge is 2.36. The quantitative estimate of drug-likeness (QED) is 0.825. The highest BCUT2D eigenvalue weighted by Crippen LogP contribution is 2.36. The van der Waals surface area contributed by atoms with E-state index in [-0.39, 0.29) is 5.56 Å². The van der Waals surface area contributed by atoms with Crippen LogP contribution in [0.25, 0.3) is 0 Å². The molecule has 1 aliphatic carbocycles. The topological polar surface area (TPSA) is 20.3 Å². The number of amides is 1. The molecule has 2 rings (SSSR count). The smallest absolute Gasteiger partial charge is 0.345 e. The van der Waals surface area contributed by atoms with E-state index in [4.69, 9.17) is 0 Å². The number of hydrogen-bond acceptors (Lipinski definition) is 1. The molecule has 1 aromatic rings. The fourth-order valence-corrected chi connectivity index (χ4v) is 2.04. The second-order valence-electron chi connectivity index (χ2n) is 5.22. The average Bonchev–Trinajstić information content (AvgIpc) is 3.10. The van der Waals surface area contributed by atoms with Gasteiger partial charge in [0.25, 0.3) is 5.91 Å². The Morgan fingerprint density at radius 3 is 2.42 bits per heavy atom. The largest absolute Gasteiger partial charge is 0.417 e. The van der Waals surface area contributed by atoms with Gasteiger partial charge in [-0.3, -0.25) is 4.79 Å². The summed E-state index contributed by atoms with van der Waals surface area (Å²) in [6, 6.07) is 4.04. The van der Waals surface area contributed by atoms with Crippen molar-refractivity contribution in [3.63, 3.8) is 0 Å². The van der Waals surface area contributed by atoms with Crippen LogP contribution in [0.15, 0.2) is 18.2 Å². The Morgan fingerprint density at radius 2 is 1.95 bits per heavy atom. The molecule has 0 heterocycles. The first-order chi connectivity index (χ1) is 8.79. The molecule has 1 fully saturated rings. The van der Waals surface area contributed by atoms with Gasteiger partial charge in [-0.25, -0.2) is 0 Å². The van der Waals surface area contributed by atoms with Crippen LogP contribution in [-0.4, -0.2) is 24.9 Å². The summed E-state index contributed by atoms with van der Waals surface area (Å²) in [4.78, 5) is 12.9. The Balaban J connectivity index is 2.39. The Labute approximate surface area is 110 Å². The summed E-state index contributed by atoms with van der Waals surface area (Å²) in [5.74, 6) is -0.109. The zero-order valence-corrected chi connectivity index (χ0v) is 10.9. The van der Waals surface area contributed by atoms with E-state index in [1.54, 1.807) is 6.07 Å². The van der Waals surface area contributed by atoms with Gasteiger partial charge in [-0.1, -0.05) is 6.07 Å². The number of alkyl halides is 3. The molecule has 0 unspecified atom stereocenters. The average molecular weight is 271 g/mol. The van der Waals surface area contributed by atoms with Crippen molar-refractivity contribution in [3.05, 3.63) is 34.9 Å². The normalized spacial score (nSPS) is 15.4. The predicted octanol–water partition coefficient (Wildman–Crippen LogP) is 3.36. The Hall–Kier alpha value is -1.52. The lowest BCUT2D eigenvalue weighted by Gasteiger charge is -2.17. The van der Waals surface area contributed by atoms with Gasteiger partial charge in [0.05, 0.1) is 11.1 Å². The third-order valence-corrected chi connectivity index (χ3v) is 3.25. The third-order valence-electron chi connectivity index (χ3n) is 3.25.